The summed E-state index contributed by atoms with van der Waals surface area (Å²) in [5.41, 5.74) is 10.2. The zero-order valence-corrected chi connectivity index (χ0v) is 15.4. The standard InChI is InChI=1S/C19H19ClN4S/c1-13-17(15-7-9-16(20)10-8-15)18(23-22-13)24(19(21)25)12-11-14-5-3-2-4-6-14/h2-10H,11-12H2,1H3,(H2,21,25)(H,22,23). The van der Waals surface area contributed by atoms with Crippen LogP contribution in [0.15, 0.2) is 54.6 Å². The van der Waals surface area contributed by atoms with Crippen molar-refractivity contribution in [3.63, 3.8) is 0 Å². The average molecular weight is 371 g/mol. The topological polar surface area (TPSA) is 57.9 Å². The summed E-state index contributed by atoms with van der Waals surface area (Å²) in [6.07, 6.45) is 0.824. The van der Waals surface area contributed by atoms with Crippen LogP contribution >= 0.6 is 23.8 Å². The molecule has 0 aliphatic rings. The summed E-state index contributed by atoms with van der Waals surface area (Å²) >= 11 is 11.3. The van der Waals surface area contributed by atoms with Crippen molar-refractivity contribution in [2.45, 2.75) is 13.3 Å². The lowest BCUT2D eigenvalue weighted by Gasteiger charge is -2.22. The van der Waals surface area contributed by atoms with Gasteiger partial charge in [-0.1, -0.05) is 54.1 Å². The third-order valence-electron chi connectivity index (χ3n) is 4.05. The molecule has 0 unspecified atom stereocenters. The molecule has 2 aromatic carbocycles. The molecule has 3 aromatic rings. The molecule has 25 heavy (non-hydrogen) atoms. The summed E-state index contributed by atoms with van der Waals surface area (Å²) in [7, 11) is 0. The number of nitrogens with one attached hydrogen (secondary N) is 1. The number of hydrogen-bond donors (Lipinski definition) is 2. The van der Waals surface area contributed by atoms with Gasteiger partial charge in [-0.2, -0.15) is 5.10 Å². The van der Waals surface area contributed by atoms with Crippen molar-refractivity contribution in [2.24, 2.45) is 5.73 Å². The number of nitrogens with two attached hydrogens (primary N) is 1. The Morgan fingerprint density at radius 3 is 2.48 bits per heavy atom. The van der Waals surface area contributed by atoms with Crippen LogP contribution in [0.1, 0.15) is 11.3 Å². The van der Waals surface area contributed by atoms with Crippen molar-refractivity contribution in [1.29, 1.82) is 0 Å². The van der Waals surface area contributed by atoms with E-state index < -0.39 is 0 Å². The maximum atomic E-state index is 6.01. The second-order valence-corrected chi connectivity index (χ2v) is 6.63. The second-order valence-electron chi connectivity index (χ2n) is 5.78. The fraction of sp³-hybridized carbons (Fsp3) is 0.158. The van der Waals surface area contributed by atoms with Gasteiger partial charge in [0.2, 0.25) is 0 Å². The van der Waals surface area contributed by atoms with E-state index in [1.165, 1.54) is 5.56 Å². The molecule has 0 aliphatic heterocycles. The van der Waals surface area contributed by atoms with Gasteiger partial charge in [0.1, 0.15) is 0 Å². The van der Waals surface area contributed by atoms with Crippen molar-refractivity contribution in [3.05, 3.63) is 70.9 Å². The van der Waals surface area contributed by atoms with Crippen molar-refractivity contribution >= 4 is 34.7 Å². The Morgan fingerprint density at radius 2 is 1.84 bits per heavy atom. The first-order chi connectivity index (χ1) is 12.1. The van der Waals surface area contributed by atoms with Crippen LogP contribution < -0.4 is 10.6 Å². The molecule has 0 atom stereocenters. The molecule has 0 spiro atoms. The van der Waals surface area contributed by atoms with E-state index in [1.54, 1.807) is 0 Å². The van der Waals surface area contributed by atoms with Gasteiger partial charge in [0, 0.05) is 22.8 Å². The Balaban J connectivity index is 1.92. The molecule has 0 fully saturated rings. The number of anilines is 1. The maximum Gasteiger partial charge on any atom is 0.172 e. The highest BCUT2D eigenvalue weighted by Gasteiger charge is 2.20. The van der Waals surface area contributed by atoms with Gasteiger partial charge < -0.3 is 10.6 Å². The molecule has 0 bridgehead atoms. The Hall–Kier alpha value is -2.37. The van der Waals surface area contributed by atoms with Gasteiger partial charge in [0.05, 0.1) is 0 Å². The number of benzene rings is 2. The first-order valence-electron chi connectivity index (χ1n) is 7.98. The van der Waals surface area contributed by atoms with E-state index in [-0.39, 0.29) is 0 Å². The van der Waals surface area contributed by atoms with Crippen LogP contribution in [0.5, 0.6) is 0 Å². The summed E-state index contributed by atoms with van der Waals surface area (Å²) in [6, 6.07) is 17.9. The molecule has 1 aromatic heterocycles. The van der Waals surface area contributed by atoms with E-state index in [1.807, 2.05) is 54.3 Å². The molecule has 128 valence electrons. The first-order valence-corrected chi connectivity index (χ1v) is 8.76. The molecule has 4 nitrogen and oxygen atoms in total. The van der Waals surface area contributed by atoms with Gasteiger partial charge in [-0.05, 0) is 48.8 Å². The third kappa shape index (κ3) is 4.00. The highest BCUT2D eigenvalue weighted by molar-refractivity contribution is 7.80. The number of aryl methyl sites for hydroxylation is 1. The monoisotopic (exact) mass is 370 g/mol. The number of thiocarbonyl (C=S) groups is 1. The molecule has 0 aliphatic carbocycles. The lowest BCUT2D eigenvalue weighted by atomic mass is 10.1. The van der Waals surface area contributed by atoms with Crippen LogP contribution in [0.4, 0.5) is 5.82 Å². The maximum absolute atomic E-state index is 6.01. The SMILES string of the molecule is Cc1[nH]nc(N(CCc2ccccc2)C(N)=S)c1-c1ccc(Cl)cc1. The van der Waals surface area contributed by atoms with Crippen LogP contribution in [-0.4, -0.2) is 21.9 Å². The van der Waals surface area contributed by atoms with Gasteiger partial charge in [-0.3, -0.25) is 5.10 Å². The normalized spacial score (nSPS) is 10.6. The Bertz CT molecular complexity index is 859. The number of aromatic amines is 1. The van der Waals surface area contributed by atoms with E-state index in [4.69, 9.17) is 29.6 Å². The molecule has 3 rings (SSSR count). The Kier molecular flexibility index (Phi) is 5.36. The summed E-state index contributed by atoms with van der Waals surface area (Å²) in [5.74, 6) is 0.739. The zero-order chi connectivity index (χ0) is 17.8. The lowest BCUT2D eigenvalue weighted by molar-refractivity contribution is 0.908. The fourth-order valence-electron chi connectivity index (χ4n) is 2.78. The van der Waals surface area contributed by atoms with E-state index in [9.17, 15) is 0 Å². The van der Waals surface area contributed by atoms with Crippen molar-refractivity contribution in [1.82, 2.24) is 10.2 Å². The third-order valence-corrected chi connectivity index (χ3v) is 4.52. The van der Waals surface area contributed by atoms with Crippen LogP contribution in [0, 0.1) is 6.92 Å². The zero-order valence-electron chi connectivity index (χ0n) is 13.9. The molecule has 0 radical (unpaired) electrons. The number of nitrogens with zero attached hydrogens (tertiary/aromatic N) is 2. The molecule has 1 heterocycles. The molecule has 0 saturated heterocycles. The van der Waals surface area contributed by atoms with Crippen LogP contribution in [0.2, 0.25) is 5.02 Å². The predicted molar refractivity (Wildman–Crippen MR) is 108 cm³/mol. The van der Waals surface area contributed by atoms with Crippen LogP contribution in [-0.2, 0) is 6.42 Å². The first kappa shape index (κ1) is 17.5. The van der Waals surface area contributed by atoms with Gasteiger partial charge in [-0.25, -0.2) is 0 Å². The van der Waals surface area contributed by atoms with Crippen molar-refractivity contribution < 1.29 is 0 Å². The number of rotatable bonds is 5. The summed E-state index contributed by atoms with van der Waals surface area (Å²) < 4.78 is 0. The highest BCUT2D eigenvalue weighted by Crippen LogP contribution is 2.32. The van der Waals surface area contributed by atoms with Gasteiger partial charge in [0.25, 0.3) is 0 Å². The predicted octanol–water partition coefficient (Wildman–Crippen LogP) is 4.33. The van der Waals surface area contributed by atoms with Gasteiger partial charge >= 0.3 is 0 Å². The molecular formula is C19H19ClN4S. The largest absolute Gasteiger partial charge is 0.376 e. The van der Waals surface area contributed by atoms with Gasteiger partial charge in [-0.15, -0.1) is 0 Å². The molecule has 0 amide bonds. The fourth-order valence-corrected chi connectivity index (χ4v) is 3.08. The minimum atomic E-state index is 0.303. The minimum Gasteiger partial charge on any atom is -0.376 e. The Morgan fingerprint density at radius 1 is 1.16 bits per heavy atom. The minimum absolute atomic E-state index is 0.303. The summed E-state index contributed by atoms with van der Waals surface area (Å²) in [5, 5.41) is 8.49. The number of halogens is 1. The van der Waals surface area contributed by atoms with E-state index in [0.717, 1.165) is 29.1 Å². The summed E-state index contributed by atoms with van der Waals surface area (Å²) in [4.78, 5) is 1.87. The lowest BCUT2D eigenvalue weighted by Crippen LogP contribution is -2.37. The van der Waals surface area contributed by atoms with E-state index in [0.29, 0.717) is 16.7 Å². The second kappa shape index (κ2) is 7.68. The number of hydrogen-bond acceptors (Lipinski definition) is 2. The highest BCUT2D eigenvalue weighted by atomic mass is 35.5. The van der Waals surface area contributed by atoms with Gasteiger partial charge in [0.15, 0.2) is 10.9 Å². The average Bonchev–Trinajstić information content (AvgIpc) is 2.98. The van der Waals surface area contributed by atoms with Crippen LogP contribution in [0.25, 0.3) is 11.1 Å². The van der Waals surface area contributed by atoms with E-state index in [2.05, 4.69) is 22.3 Å². The number of aromatic nitrogens is 2. The molecule has 6 heteroatoms. The van der Waals surface area contributed by atoms with Crippen molar-refractivity contribution in [3.8, 4) is 11.1 Å². The quantitative estimate of drug-likeness (QED) is 0.656. The van der Waals surface area contributed by atoms with E-state index >= 15 is 0 Å². The molecule has 0 saturated carbocycles. The smallest absolute Gasteiger partial charge is 0.172 e. The summed E-state index contributed by atoms with van der Waals surface area (Å²) in [6.45, 7) is 2.64. The Labute approximate surface area is 157 Å². The van der Waals surface area contributed by atoms with Crippen molar-refractivity contribution in [2.75, 3.05) is 11.4 Å². The van der Waals surface area contributed by atoms with Crippen LogP contribution in [0.3, 0.4) is 0 Å². The molecule has 3 N–H and O–H groups in total. The molecular weight excluding hydrogens is 352 g/mol. The number of H-pyrrole nitrogens is 1.